The molecule has 1 aromatic carbocycles. The van der Waals surface area contributed by atoms with E-state index in [1.54, 1.807) is 6.07 Å². The van der Waals surface area contributed by atoms with Crippen molar-refractivity contribution in [3.8, 4) is 0 Å². The normalized spacial score (nSPS) is 10.7. The molecule has 2 rings (SSSR count). The maximum atomic E-state index is 13.6. The minimum atomic E-state index is -0.410. The summed E-state index contributed by atoms with van der Waals surface area (Å²) in [5.41, 5.74) is 0.699. The van der Waals surface area contributed by atoms with Gasteiger partial charge in [-0.05, 0) is 28.5 Å². The molecule has 0 unspecified atom stereocenters. The number of rotatable bonds is 2. The van der Waals surface area contributed by atoms with Crippen LogP contribution >= 0.6 is 27.3 Å². The highest BCUT2D eigenvalue weighted by Gasteiger charge is 2.12. The SMILES string of the molecule is O=Cc1c(F)c(CBr)cc2ccsc12. The standard InChI is InChI=1S/C10H6BrFOS/c11-4-7-3-6-1-2-14-10(6)8(5-13)9(7)12/h1-3,5H,4H2. The lowest BCUT2D eigenvalue weighted by Gasteiger charge is -2.02. The molecular weight excluding hydrogens is 267 g/mol. The summed E-state index contributed by atoms with van der Waals surface area (Å²) in [6.07, 6.45) is 0.584. The van der Waals surface area contributed by atoms with Gasteiger partial charge >= 0.3 is 0 Å². The van der Waals surface area contributed by atoms with Crippen molar-refractivity contribution in [1.29, 1.82) is 0 Å². The van der Waals surface area contributed by atoms with E-state index in [-0.39, 0.29) is 5.56 Å². The Labute approximate surface area is 92.7 Å². The molecule has 0 radical (unpaired) electrons. The molecule has 2 aromatic rings. The topological polar surface area (TPSA) is 17.1 Å². The molecule has 0 atom stereocenters. The van der Waals surface area contributed by atoms with Crippen molar-refractivity contribution >= 4 is 43.6 Å². The van der Waals surface area contributed by atoms with Crippen molar-refractivity contribution in [2.24, 2.45) is 0 Å². The van der Waals surface area contributed by atoms with E-state index in [1.165, 1.54) is 11.3 Å². The second kappa shape index (κ2) is 3.79. The van der Waals surface area contributed by atoms with Crippen LogP contribution in [0, 0.1) is 5.82 Å². The summed E-state index contributed by atoms with van der Waals surface area (Å²) in [6.45, 7) is 0. The third kappa shape index (κ3) is 1.38. The molecule has 4 heteroatoms. The van der Waals surface area contributed by atoms with Crippen LogP contribution in [0.25, 0.3) is 10.1 Å². The Balaban J connectivity index is 2.87. The number of halogens is 2. The third-order valence-electron chi connectivity index (χ3n) is 2.05. The smallest absolute Gasteiger partial charge is 0.154 e. The zero-order chi connectivity index (χ0) is 10.1. The first-order valence-corrected chi connectivity index (χ1v) is 5.97. The van der Waals surface area contributed by atoms with E-state index in [0.717, 1.165) is 10.1 Å². The van der Waals surface area contributed by atoms with E-state index in [1.807, 2.05) is 11.4 Å². The van der Waals surface area contributed by atoms with Gasteiger partial charge in [0.1, 0.15) is 5.82 Å². The second-order valence-electron chi connectivity index (χ2n) is 2.85. The average Bonchev–Trinajstić information content (AvgIpc) is 2.64. The average molecular weight is 273 g/mol. The highest BCUT2D eigenvalue weighted by Crippen LogP contribution is 2.29. The minimum absolute atomic E-state index is 0.173. The van der Waals surface area contributed by atoms with Gasteiger partial charge in [0.05, 0.1) is 5.56 Å². The van der Waals surface area contributed by atoms with E-state index in [0.29, 0.717) is 17.2 Å². The number of hydrogen-bond acceptors (Lipinski definition) is 2. The number of fused-ring (bicyclic) bond motifs is 1. The number of carbonyl (C=O) groups excluding carboxylic acids is 1. The molecule has 0 bridgehead atoms. The molecule has 0 fully saturated rings. The van der Waals surface area contributed by atoms with Crippen LogP contribution in [0.3, 0.4) is 0 Å². The van der Waals surface area contributed by atoms with Gasteiger partial charge in [-0.3, -0.25) is 4.79 Å². The summed E-state index contributed by atoms with van der Waals surface area (Å²) in [5, 5.41) is 3.20. The Kier molecular flexibility index (Phi) is 2.65. The number of alkyl halides is 1. The lowest BCUT2D eigenvalue weighted by atomic mass is 10.1. The number of aldehydes is 1. The molecule has 0 amide bonds. The van der Waals surface area contributed by atoms with Crippen LogP contribution in [0.2, 0.25) is 0 Å². The van der Waals surface area contributed by atoms with Crippen molar-refractivity contribution in [3.63, 3.8) is 0 Å². The first-order valence-electron chi connectivity index (χ1n) is 3.97. The fourth-order valence-corrected chi connectivity index (χ4v) is 2.66. The zero-order valence-corrected chi connectivity index (χ0v) is 9.49. The number of carbonyl (C=O) groups is 1. The predicted octanol–water partition coefficient (Wildman–Crippen LogP) is 3.75. The highest BCUT2D eigenvalue weighted by molar-refractivity contribution is 9.08. The fraction of sp³-hybridized carbons (Fsp3) is 0.100. The van der Waals surface area contributed by atoms with Crippen LogP contribution in [-0.2, 0) is 5.33 Å². The fourth-order valence-electron chi connectivity index (χ4n) is 1.38. The van der Waals surface area contributed by atoms with E-state index in [9.17, 15) is 9.18 Å². The second-order valence-corrected chi connectivity index (χ2v) is 4.33. The number of benzene rings is 1. The van der Waals surface area contributed by atoms with E-state index in [2.05, 4.69) is 15.9 Å². The maximum absolute atomic E-state index is 13.6. The van der Waals surface area contributed by atoms with E-state index < -0.39 is 5.82 Å². The summed E-state index contributed by atoms with van der Waals surface area (Å²) < 4.78 is 14.4. The Morgan fingerprint density at radius 2 is 2.36 bits per heavy atom. The maximum Gasteiger partial charge on any atom is 0.154 e. The molecule has 14 heavy (non-hydrogen) atoms. The van der Waals surface area contributed by atoms with Crippen LogP contribution in [-0.4, -0.2) is 6.29 Å². The predicted molar refractivity (Wildman–Crippen MR) is 59.8 cm³/mol. The van der Waals surface area contributed by atoms with Gasteiger partial charge in [0.2, 0.25) is 0 Å². The van der Waals surface area contributed by atoms with Crippen LogP contribution in [0.5, 0.6) is 0 Å². The summed E-state index contributed by atoms with van der Waals surface area (Å²) in [5.74, 6) is -0.410. The quantitative estimate of drug-likeness (QED) is 0.601. The summed E-state index contributed by atoms with van der Waals surface area (Å²) in [6, 6.07) is 3.65. The molecule has 1 nitrogen and oxygen atoms in total. The Morgan fingerprint density at radius 1 is 1.57 bits per heavy atom. The first-order chi connectivity index (χ1) is 6.77. The molecule has 0 spiro atoms. The third-order valence-corrected chi connectivity index (χ3v) is 3.62. The van der Waals surface area contributed by atoms with Gasteiger partial charge in [-0.25, -0.2) is 4.39 Å². The molecule has 0 N–H and O–H groups in total. The Hall–Kier alpha value is -0.740. The van der Waals surface area contributed by atoms with Crippen molar-refractivity contribution in [2.45, 2.75) is 5.33 Å². The number of hydrogen-bond donors (Lipinski definition) is 0. The van der Waals surface area contributed by atoms with Gasteiger partial charge in [0, 0.05) is 10.0 Å². The molecule has 1 aromatic heterocycles. The van der Waals surface area contributed by atoms with Gasteiger partial charge in [0.25, 0.3) is 0 Å². The molecule has 1 heterocycles. The molecule has 0 aliphatic carbocycles. The van der Waals surface area contributed by atoms with Crippen molar-refractivity contribution < 1.29 is 9.18 Å². The summed E-state index contributed by atoms with van der Waals surface area (Å²) >= 11 is 4.58. The van der Waals surface area contributed by atoms with Gasteiger partial charge in [-0.1, -0.05) is 15.9 Å². The Bertz CT molecular complexity index is 492. The van der Waals surface area contributed by atoms with Crippen LogP contribution in [0.4, 0.5) is 4.39 Å². The van der Waals surface area contributed by atoms with Crippen LogP contribution in [0.1, 0.15) is 15.9 Å². The largest absolute Gasteiger partial charge is 0.298 e. The van der Waals surface area contributed by atoms with Crippen molar-refractivity contribution in [2.75, 3.05) is 0 Å². The van der Waals surface area contributed by atoms with Crippen LogP contribution < -0.4 is 0 Å². The molecule has 0 saturated heterocycles. The molecule has 72 valence electrons. The molecule has 0 aliphatic heterocycles. The zero-order valence-electron chi connectivity index (χ0n) is 7.09. The Morgan fingerprint density at radius 3 is 3.00 bits per heavy atom. The lowest BCUT2D eigenvalue weighted by Crippen LogP contribution is -1.93. The first kappa shape index (κ1) is 9.80. The minimum Gasteiger partial charge on any atom is -0.298 e. The highest BCUT2D eigenvalue weighted by atomic mass is 79.9. The van der Waals surface area contributed by atoms with Crippen molar-refractivity contribution in [3.05, 3.63) is 34.5 Å². The molecular formula is C10H6BrFOS. The van der Waals surface area contributed by atoms with E-state index >= 15 is 0 Å². The van der Waals surface area contributed by atoms with Crippen LogP contribution in [0.15, 0.2) is 17.5 Å². The summed E-state index contributed by atoms with van der Waals surface area (Å²) in [4.78, 5) is 10.8. The van der Waals surface area contributed by atoms with Crippen molar-refractivity contribution in [1.82, 2.24) is 0 Å². The molecule has 0 saturated carbocycles. The van der Waals surface area contributed by atoms with Gasteiger partial charge in [-0.2, -0.15) is 0 Å². The van der Waals surface area contributed by atoms with Gasteiger partial charge in [0.15, 0.2) is 6.29 Å². The summed E-state index contributed by atoms with van der Waals surface area (Å²) in [7, 11) is 0. The molecule has 0 aliphatic rings. The van der Waals surface area contributed by atoms with Gasteiger partial charge in [-0.15, -0.1) is 11.3 Å². The van der Waals surface area contributed by atoms with E-state index in [4.69, 9.17) is 0 Å². The monoisotopic (exact) mass is 272 g/mol. The van der Waals surface area contributed by atoms with Gasteiger partial charge < -0.3 is 0 Å². The lowest BCUT2D eigenvalue weighted by molar-refractivity contribution is 0.112. The number of thiophene rings is 1.